The van der Waals surface area contributed by atoms with E-state index in [9.17, 15) is 8.78 Å². The summed E-state index contributed by atoms with van der Waals surface area (Å²) in [5, 5.41) is 1.73. The maximum absolute atomic E-state index is 12.7. The Bertz CT molecular complexity index is 403. The number of hydrogen-bond donors (Lipinski definition) is 0. The molecule has 2 aromatic heterocycles. The van der Waals surface area contributed by atoms with Crippen molar-refractivity contribution in [3.8, 4) is 0 Å². The van der Waals surface area contributed by atoms with E-state index in [1.54, 1.807) is 12.3 Å². The molecule has 72 valence electrons. The van der Waals surface area contributed by atoms with Gasteiger partial charge in [0.25, 0.3) is 0 Å². The SMILES string of the molecule is CC.Cc1csc2c(F)c(F)oc12. The molecule has 0 radical (unpaired) electrons. The van der Waals surface area contributed by atoms with Gasteiger partial charge < -0.3 is 4.42 Å². The second kappa shape index (κ2) is 3.87. The Morgan fingerprint density at radius 3 is 2.46 bits per heavy atom. The first kappa shape index (κ1) is 10.2. The summed E-state index contributed by atoms with van der Waals surface area (Å²) >= 11 is 1.15. The van der Waals surface area contributed by atoms with E-state index in [4.69, 9.17) is 0 Å². The van der Waals surface area contributed by atoms with Crippen molar-refractivity contribution in [3.05, 3.63) is 22.8 Å². The standard InChI is InChI=1S/C7H4F2OS.C2H6/c1-3-2-11-6-4(8)7(9)10-5(3)6;1-2/h2H,1H3;1-2H3. The molecule has 13 heavy (non-hydrogen) atoms. The maximum Gasteiger partial charge on any atom is 0.316 e. The number of rotatable bonds is 0. The molecule has 2 aromatic rings. The smallest absolute Gasteiger partial charge is 0.316 e. The zero-order chi connectivity index (χ0) is 10.0. The number of halogens is 2. The van der Waals surface area contributed by atoms with Gasteiger partial charge in [-0.3, -0.25) is 0 Å². The Hall–Kier alpha value is -0.900. The molecule has 0 atom stereocenters. The van der Waals surface area contributed by atoms with E-state index in [2.05, 4.69) is 4.42 Å². The van der Waals surface area contributed by atoms with Gasteiger partial charge in [-0.2, -0.15) is 8.78 Å². The fourth-order valence-electron chi connectivity index (χ4n) is 0.935. The molecule has 0 saturated carbocycles. The average Bonchev–Trinajstić information content (AvgIpc) is 2.62. The van der Waals surface area contributed by atoms with Gasteiger partial charge in [0.05, 0.1) is 0 Å². The van der Waals surface area contributed by atoms with Gasteiger partial charge in [0.2, 0.25) is 5.82 Å². The number of furan rings is 1. The van der Waals surface area contributed by atoms with E-state index in [1.807, 2.05) is 13.8 Å². The third-order valence-corrected chi connectivity index (χ3v) is 2.55. The quantitative estimate of drug-likeness (QED) is 0.629. The van der Waals surface area contributed by atoms with E-state index in [1.165, 1.54) is 0 Å². The van der Waals surface area contributed by atoms with Crippen LogP contribution in [0.25, 0.3) is 10.3 Å². The van der Waals surface area contributed by atoms with Crippen molar-refractivity contribution >= 4 is 21.6 Å². The Morgan fingerprint density at radius 2 is 1.92 bits per heavy atom. The van der Waals surface area contributed by atoms with Gasteiger partial charge in [0.15, 0.2) is 5.58 Å². The Morgan fingerprint density at radius 1 is 1.31 bits per heavy atom. The monoisotopic (exact) mass is 204 g/mol. The summed E-state index contributed by atoms with van der Waals surface area (Å²) in [6.45, 7) is 5.75. The summed E-state index contributed by atoms with van der Waals surface area (Å²) in [4.78, 5) is 0. The summed E-state index contributed by atoms with van der Waals surface area (Å²) in [6, 6.07) is -1.12. The van der Waals surface area contributed by atoms with E-state index in [0.717, 1.165) is 16.9 Å². The molecule has 0 N–H and O–H groups in total. The lowest BCUT2D eigenvalue weighted by atomic mass is 10.3. The molecular formula is C9H10F2OS. The van der Waals surface area contributed by atoms with E-state index in [-0.39, 0.29) is 4.70 Å². The van der Waals surface area contributed by atoms with E-state index >= 15 is 0 Å². The van der Waals surface area contributed by atoms with Crippen molar-refractivity contribution in [1.29, 1.82) is 0 Å². The predicted octanol–water partition coefficient (Wildman–Crippen LogP) is 4.11. The van der Waals surface area contributed by atoms with Gasteiger partial charge in [0.1, 0.15) is 4.70 Å². The summed E-state index contributed by atoms with van der Waals surface area (Å²) in [6.07, 6.45) is 0. The van der Waals surface area contributed by atoms with Crippen molar-refractivity contribution in [1.82, 2.24) is 0 Å². The fraction of sp³-hybridized carbons (Fsp3) is 0.333. The van der Waals surface area contributed by atoms with Crippen LogP contribution < -0.4 is 0 Å². The van der Waals surface area contributed by atoms with Crippen LogP contribution >= 0.6 is 11.3 Å². The Kier molecular flexibility index (Phi) is 3.03. The minimum atomic E-state index is -1.12. The largest absolute Gasteiger partial charge is 0.428 e. The molecule has 0 spiro atoms. The lowest BCUT2D eigenvalue weighted by Gasteiger charge is -1.78. The molecule has 0 amide bonds. The molecule has 0 bridgehead atoms. The van der Waals surface area contributed by atoms with Crippen LogP contribution in [-0.4, -0.2) is 0 Å². The number of hydrogen-bond acceptors (Lipinski definition) is 2. The first-order valence-corrected chi connectivity index (χ1v) is 4.89. The number of thiophene rings is 1. The van der Waals surface area contributed by atoms with Gasteiger partial charge >= 0.3 is 6.01 Å². The first-order valence-electron chi connectivity index (χ1n) is 4.01. The minimum Gasteiger partial charge on any atom is -0.428 e. The molecule has 0 aliphatic carbocycles. The number of aryl methyl sites for hydroxylation is 1. The fourth-order valence-corrected chi connectivity index (χ4v) is 1.83. The van der Waals surface area contributed by atoms with Crippen molar-refractivity contribution < 1.29 is 13.2 Å². The third kappa shape index (κ3) is 1.58. The zero-order valence-electron chi connectivity index (χ0n) is 7.65. The molecule has 0 unspecified atom stereocenters. The molecule has 0 fully saturated rings. The summed E-state index contributed by atoms with van der Waals surface area (Å²) < 4.78 is 29.9. The Balaban J connectivity index is 0.000000396. The minimum absolute atomic E-state index is 0.264. The van der Waals surface area contributed by atoms with Crippen LogP contribution in [-0.2, 0) is 0 Å². The zero-order valence-corrected chi connectivity index (χ0v) is 8.47. The molecule has 0 saturated heterocycles. The van der Waals surface area contributed by atoms with Gasteiger partial charge in [0, 0.05) is 5.56 Å². The summed E-state index contributed by atoms with van der Waals surface area (Å²) in [5.41, 5.74) is 1.10. The van der Waals surface area contributed by atoms with Crippen LogP contribution in [0.4, 0.5) is 8.78 Å². The molecule has 2 rings (SSSR count). The molecule has 0 aliphatic heterocycles. The van der Waals surface area contributed by atoms with E-state index < -0.39 is 11.8 Å². The highest BCUT2D eigenvalue weighted by atomic mass is 32.1. The van der Waals surface area contributed by atoms with Crippen LogP contribution in [0.3, 0.4) is 0 Å². The summed E-state index contributed by atoms with van der Waals surface area (Å²) in [7, 11) is 0. The van der Waals surface area contributed by atoms with E-state index in [0.29, 0.717) is 5.58 Å². The van der Waals surface area contributed by atoms with Gasteiger partial charge in [-0.05, 0) is 12.3 Å². The van der Waals surface area contributed by atoms with Crippen LogP contribution in [0.15, 0.2) is 9.80 Å². The first-order chi connectivity index (χ1) is 6.20. The van der Waals surface area contributed by atoms with Crippen molar-refractivity contribution in [2.75, 3.05) is 0 Å². The van der Waals surface area contributed by atoms with Gasteiger partial charge in [-0.15, -0.1) is 11.3 Å². The second-order valence-electron chi connectivity index (χ2n) is 2.27. The second-order valence-corrected chi connectivity index (χ2v) is 3.15. The predicted molar refractivity (Wildman–Crippen MR) is 50.1 cm³/mol. The molecule has 4 heteroatoms. The highest BCUT2D eigenvalue weighted by Crippen LogP contribution is 2.31. The van der Waals surface area contributed by atoms with Crippen molar-refractivity contribution in [2.24, 2.45) is 0 Å². The molecule has 2 heterocycles. The Labute approximate surface area is 79.0 Å². The normalized spacial score (nSPS) is 9.92. The molecule has 0 aromatic carbocycles. The van der Waals surface area contributed by atoms with Crippen LogP contribution in [0.2, 0.25) is 0 Å². The lowest BCUT2D eigenvalue weighted by Crippen LogP contribution is -1.68. The van der Waals surface area contributed by atoms with Gasteiger partial charge in [-0.1, -0.05) is 13.8 Å². The van der Waals surface area contributed by atoms with Crippen LogP contribution in [0, 0.1) is 18.8 Å². The van der Waals surface area contributed by atoms with Crippen molar-refractivity contribution in [3.63, 3.8) is 0 Å². The van der Waals surface area contributed by atoms with Gasteiger partial charge in [-0.25, -0.2) is 0 Å². The highest BCUT2D eigenvalue weighted by Gasteiger charge is 2.16. The maximum atomic E-state index is 12.7. The molecule has 1 nitrogen and oxygen atoms in total. The van der Waals surface area contributed by atoms with Crippen LogP contribution in [0.1, 0.15) is 19.4 Å². The van der Waals surface area contributed by atoms with Crippen molar-refractivity contribution in [2.45, 2.75) is 20.8 Å². The highest BCUT2D eigenvalue weighted by molar-refractivity contribution is 7.17. The molecule has 0 aliphatic rings. The topological polar surface area (TPSA) is 13.1 Å². The lowest BCUT2D eigenvalue weighted by molar-refractivity contribution is 0.342. The molecular weight excluding hydrogens is 194 g/mol. The average molecular weight is 204 g/mol. The summed E-state index contributed by atoms with van der Waals surface area (Å²) in [5.74, 6) is -0.877. The van der Waals surface area contributed by atoms with Crippen LogP contribution in [0.5, 0.6) is 0 Å². The number of fused-ring (bicyclic) bond motifs is 1. The third-order valence-electron chi connectivity index (χ3n) is 1.48.